The maximum Gasteiger partial charge on any atom is 0.327 e. The van der Waals surface area contributed by atoms with E-state index < -0.39 is 17.7 Å². The molecule has 0 atom stereocenters. The average molecular weight is 363 g/mol. The Morgan fingerprint density at radius 2 is 1.62 bits per heavy atom. The number of ether oxygens (including phenoxy) is 1. The third-order valence-corrected chi connectivity index (χ3v) is 3.17. The Balaban J connectivity index is 2.36. The molecule has 0 bridgehead atoms. The van der Waals surface area contributed by atoms with E-state index >= 15 is 0 Å². The van der Waals surface area contributed by atoms with Crippen molar-refractivity contribution in [2.24, 2.45) is 0 Å². The Morgan fingerprint density at radius 3 is 2.19 bits per heavy atom. The first kappa shape index (κ1) is 21.1. The van der Waals surface area contributed by atoms with Gasteiger partial charge in [0.1, 0.15) is 5.75 Å². The molecule has 0 unspecified atom stereocenters. The van der Waals surface area contributed by atoms with Crippen molar-refractivity contribution in [3.8, 4) is 5.75 Å². The maximum atomic E-state index is 12.1. The number of carbonyl (C=O) groups is 4. The summed E-state index contributed by atoms with van der Waals surface area (Å²) < 4.78 is 5.44. The first-order valence-electron chi connectivity index (χ1n) is 8.49. The van der Waals surface area contributed by atoms with Gasteiger partial charge in [0.15, 0.2) is 5.78 Å². The quantitative estimate of drug-likeness (QED) is 0.364. The number of hydrogen-bond donors (Lipinski definition) is 3. The zero-order valence-electron chi connectivity index (χ0n) is 15.3. The highest BCUT2D eigenvalue weighted by atomic mass is 16.5. The van der Waals surface area contributed by atoms with Crippen LogP contribution in [0.2, 0.25) is 0 Å². The van der Waals surface area contributed by atoms with Crippen LogP contribution in [0.4, 0.5) is 0 Å². The third kappa shape index (κ3) is 7.78. The molecular formula is C18H25N3O5. The van der Waals surface area contributed by atoms with E-state index in [1.165, 1.54) is 0 Å². The van der Waals surface area contributed by atoms with E-state index in [4.69, 9.17) is 4.74 Å². The van der Waals surface area contributed by atoms with Gasteiger partial charge in [-0.25, -0.2) is 0 Å². The molecule has 26 heavy (non-hydrogen) atoms. The fourth-order valence-corrected chi connectivity index (χ4v) is 1.90. The first-order chi connectivity index (χ1) is 12.3. The van der Waals surface area contributed by atoms with E-state index in [1.54, 1.807) is 38.1 Å². The summed E-state index contributed by atoms with van der Waals surface area (Å²) in [6.07, 6.45) is 0.763. The number of benzene rings is 1. The summed E-state index contributed by atoms with van der Waals surface area (Å²) in [4.78, 5) is 46.5. The lowest BCUT2D eigenvalue weighted by atomic mass is 10.1. The van der Waals surface area contributed by atoms with Crippen molar-refractivity contribution in [2.45, 2.75) is 46.1 Å². The van der Waals surface area contributed by atoms with Crippen molar-refractivity contribution in [3.05, 3.63) is 29.8 Å². The Bertz CT molecular complexity index is 641. The number of Topliss-reactive ketones (excluding diaryl/α,β-unsaturated/α-hetero) is 1. The summed E-state index contributed by atoms with van der Waals surface area (Å²) >= 11 is 0. The third-order valence-electron chi connectivity index (χ3n) is 3.17. The maximum absolute atomic E-state index is 12.1. The van der Waals surface area contributed by atoms with Crippen molar-refractivity contribution in [2.75, 3.05) is 6.61 Å². The van der Waals surface area contributed by atoms with Gasteiger partial charge in [0.05, 0.1) is 6.61 Å². The van der Waals surface area contributed by atoms with Crippen molar-refractivity contribution in [1.29, 1.82) is 0 Å². The molecule has 8 nitrogen and oxygen atoms in total. The molecule has 0 aliphatic heterocycles. The number of nitrogens with one attached hydrogen (secondary N) is 3. The van der Waals surface area contributed by atoms with Crippen molar-refractivity contribution in [3.63, 3.8) is 0 Å². The van der Waals surface area contributed by atoms with E-state index in [-0.39, 0.29) is 24.7 Å². The molecule has 3 amide bonds. The zero-order valence-corrected chi connectivity index (χ0v) is 15.3. The number of hydrazine groups is 1. The highest BCUT2D eigenvalue weighted by Crippen LogP contribution is 2.14. The van der Waals surface area contributed by atoms with Crippen LogP contribution in [0.5, 0.6) is 5.75 Å². The van der Waals surface area contributed by atoms with Gasteiger partial charge >= 0.3 is 11.8 Å². The summed E-state index contributed by atoms with van der Waals surface area (Å²) in [6, 6.07) is 6.50. The predicted octanol–water partition coefficient (Wildman–Crippen LogP) is 1.11. The molecule has 0 heterocycles. The lowest BCUT2D eigenvalue weighted by Crippen LogP contribution is -2.49. The summed E-state index contributed by atoms with van der Waals surface area (Å²) in [5.41, 5.74) is 4.58. The predicted molar refractivity (Wildman–Crippen MR) is 95.4 cm³/mol. The van der Waals surface area contributed by atoms with Crippen LogP contribution in [-0.4, -0.2) is 36.2 Å². The van der Waals surface area contributed by atoms with Crippen LogP contribution in [0.15, 0.2) is 24.3 Å². The van der Waals surface area contributed by atoms with Crippen LogP contribution in [0, 0.1) is 0 Å². The number of hydrogen-bond acceptors (Lipinski definition) is 5. The number of carbonyl (C=O) groups excluding carboxylic acids is 4. The Kier molecular flexibility index (Phi) is 8.83. The van der Waals surface area contributed by atoms with Gasteiger partial charge in [-0.2, -0.15) is 0 Å². The zero-order chi connectivity index (χ0) is 19.5. The van der Waals surface area contributed by atoms with E-state index in [0.29, 0.717) is 17.9 Å². The van der Waals surface area contributed by atoms with Crippen LogP contribution in [0.1, 0.15) is 50.4 Å². The van der Waals surface area contributed by atoms with Gasteiger partial charge < -0.3 is 10.1 Å². The minimum Gasteiger partial charge on any atom is -0.494 e. The lowest BCUT2D eigenvalue weighted by Gasteiger charge is -2.09. The summed E-state index contributed by atoms with van der Waals surface area (Å²) in [5.74, 6) is -1.90. The Hall–Kier alpha value is -2.90. The molecule has 0 aliphatic rings. The Labute approximate surface area is 152 Å². The highest BCUT2D eigenvalue weighted by molar-refractivity contribution is 6.35. The van der Waals surface area contributed by atoms with Gasteiger partial charge in [0.2, 0.25) is 5.91 Å². The van der Waals surface area contributed by atoms with Crippen LogP contribution in [-0.2, 0) is 14.4 Å². The average Bonchev–Trinajstić information content (AvgIpc) is 2.62. The Morgan fingerprint density at radius 1 is 0.962 bits per heavy atom. The van der Waals surface area contributed by atoms with Gasteiger partial charge in [0, 0.05) is 24.4 Å². The molecule has 0 saturated heterocycles. The molecule has 3 N–H and O–H groups in total. The summed E-state index contributed by atoms with van der Waals surface area (Å²) in [6.45, 7) is 6.02. The molecule has 1 aromatic carbocycles. The topological polar surface area (TPSA) is 114 Å². The number of ketones is 1. The van der Waals surface area contributed by atoms with Crippen molar-refractivity contribution >= 4 is 23.5 Å². The van der Waals surface area contributed by atoms with Crippen LogP contribution in [0.25, 0.3) is 0 Å². The minimum absolute atomic E-state index is 0.0188. The minimum atomic E-state index is -0.971. The molecular weight excluding hydrogens is 338 g/mol. The molecule has 1 rings (SSSR count). The standard InChI is InChI=1S/C18H25N3O5/c1-4-11-26-14-7-5-13(6-8-14)15(22)9-10-16(23)20-21-18(25)17(24)19-12(2)3/h5-8,12H,4,9-11H2,1-3H3,(H,19,24)(H,20,23)(H,21,25). The SMILES string of the molecule is CCCOc1ccc(C(=O)CCC(=O)NNC(=O)C(=O)NC(C)C)cc1. The summed E-state index contributed by atoms with van der Waals surface area (Å²) in [7, 11) is 0. The highest BCUT2D eigenvalue weighted by Gasteiger charge is 2.15. The van der Waals surface area contributed by atoms with Gasteiger partial charge in [-0.15, -0.1) is 0 Å². The lowest BCUT2D eigenvalue weighted by molar-refractivity contribution is -0.141. The van der Waals surface area contributed by atoms with Gasteiger partial charge in [-0.3, -0.25) is 30.0 Å². The smallest absolute Gasteiger partial charge is 0.327 e. The van der Waals surface area contributed by atoms with Gasteiger partial charge in [-0.1, -0.05) is 6.92 Å². The van der Waals surface area contributed by atoms with Crippen molar-refractivity contribution < 1.29 is 23.9 Å². The van der Waals surface area contributed by atoms with Crippen molar-refractivity contribution in [1.82, 2.24) is 16.2 Å². The molecule has 0 spiro atoms. The second-order valence-electron chi connectivity index (χ2n) is 5.93. The molecule has 0 saturated carbocycles. The van der Waals surface area contributed by atoms with Gasteiger partial charge in [-0.05, 0) is 44.5 Å². The first-order valence-corrected chi connectivity index (χ1v) is 8.49. The monoisotopic (exact) mass is 363 g/mol. The molecule has 0 aromatic heterocycles. The second kappa shape index (κ2) is 10.9. The van der Waals surface area contributed by atoms with Crippen LogP contribution < -0.4 is 20.9 Å². The molecule has 0 aliphatic carbocycles. The molecule has 0 fully saturated rings. The van der Waals surface area contributed by atoms with E-state index in [1.807, 2.05) is 12.3 Å². The second-order valence-corrected chi connectivity index (χ2v) is 5.93. The molecule has 142 valence electrons. The fourth-order valence-electron chi connectivity index (χ4n) is 1.90. The largest absolute Gasteiger partial charge is 0.494 e. The van der Waals surface area contributed by atoms with Gasteiger partial charge in [0.25, 0.3) is 0 Å². The van der Waals surface area contributed by atoms with Crippen LogP contribution in [0.3, 0.4) is 0 Å². The number of amides is 3. The van der Waals surface area contributed by atoms with E-state index in [2.05, 4.69) is 10.7 Å². The molecule has 8 heteroatoms. The van der Waals surface area contributed by atoms with E-state index in [9.17, 15) is 19.2 Å². The van der Waals surface area contributed by atoms with E-state index in [0.717, 1.165) is 6.42 Å². The van der Waals surface area contributed by atoms with Crippen LogP contribution >= 0.6 is 0 Å². The normalized spacial score (nSPS) is 10.2. The number of rotatable bonds is 8. The fraction of sp³-hybridized carbons (Fsp3) is 0.444. The molecule has 0 radical (unpaired) electrons. The summed E-state index contributed by atoms with van der Waals surface area (Å²) in [5, 5.41) is 2.39. The molecule has 1 aromatic rings.